The van der Waals surface area contributed by atoms with Gasteiger partial charge >= 0.3 is 0 Å². The lowest BCUT2D eigenvalue weighted by Gasteiger charge is -2.39. The number of hydrogen-bond donors (Lipinski definition) is 2. The highest BCUT2D eigenvalue weighted by atomic mass is 19.1. The van der Waals surface area contributed by atoms with E-state index in [0.717, 1.165) is 44.7 Å². The zero-order valence-electron chi connectivity index (χ0n) is 18.5. The van der Waals surface area contributed by atoms with Gasteiger partial charge in [-0.2, -0.15) is 0 Å². The van der Waals surface area contributed by atoms with E-state index in [9.17, 15) is 8.78 Å². The minimum Gasteiger partial charge on any atom is -0.376 e. The van der Waals surface area contributed by atoms with Crippen LogP contribution in [0, 0.1) is 11.8 Å². The first-order valence-corrected chi connectivity index (χ1v) is 12.1. The fourth-order valence-corrected chi connectivity index (χ4v) is 4.63. The average molecular weight is 419 g/mol. The highest BCUT2D eigenvalue weighted by Gasteiger charge is 2.30. The molecule has 2 rings (SSSR count). The fraction of sp³-hybridized carbons (Fsp3) is 1.00. The van der Waals surface area contributed by atoms with Gasteiger partial charge in [-0.15, -0.1) is 0 Å². The summed E-state index contributed by atoms with van der Waals surface area (Å²) < 4.78 is 36.2. The molecule has 1 saturated carbocycles. The third kappa shape index (κ3) is 10.5. The summed E-state index contributed by atoms with van der Waals surface area (Å²) in [5, 5.41) is 7.47. The maximum atomic E-state index is 13.7. The Balaban J connectivity index is 1.50. The van der Waals surface area contributed by atoms with E-state index in [-0.39, 0.29) is 25.9 Å². The Labute approximate surface area is 176 Å². The van der Waals surface area contributed by atoms with Crippen LogP contribution in [0.5, 0.6) is 0 Å². The molecule has 0 bridgehead atoms. The van der Waals surface area contributed by atoms with Crippen LogP contribution in [0.25, 0.3) is 0 Å². The molecule has 0 amide bonds. The summed E-state index contributed by atoms with van der Waals surface area (Å²) in [7, 11) is 0. The third-order valence-corrected chi connectivity index (χ3v) is 6.44. The third-order valence-electron chi connectivity index (χ3n) is 6.44. The normalized spacial score (nSPS) is 29.1. The number of halogens is 2. The van der Waals surface area contributed by atoms with E-state index in [1.165, 1.54) is 44.9 Å². The molecule has 0 aromatic heterocycles. The first-order valence-electron chi connectivity index (χ1n) is 12.1. The molecule has 0 radical (unpaired) electrons. The predicted octanol–water partition coefficient (Wildman–Crippen LogP) is 4.77. The predicted molar refractivity (Wildman–Crippen MR) is 115 cm³/mol. The molecule has 0 aromatic carbocycles. The van der Waals surface area contributed by atoms with Gasteiger partial charge in [0.25, 0.3) is 0 Å². The second-order valence-electron chi connectivity index (χ2n) is 8.95. The van der Waals surface area contributed by atoms with Crippen molar-refractivity contribution in [2.24, 2.45) is 11.8 Å². The van der Waals surface area contributed by atoms with Crippen molar-refractivity contribution in [3.63, 3.8) is 0 Å². The van der Waals surface area contributed by atoms with Gasteiger partial charge in [0.2, 0.25) is 0 Å². The summed E-state index contributed by atoms with van der Waals surface area (Å²) >= 11 is 0. The zero-order valence-corrected chi connectivity index (χ0v) is 18.5. The van der Waals surface area contributed by atoms with Crippen molar-refractivity contribution >= 4 is 0 Å². The van der Waals surface area contributed by atoms with Crippen LogP contribution in [0.3, 0.4) is 0 Å². The minimum atomic E-state index is -1.16. The number of rotatable bonds is 15. The topological polar surface area (TPSA) is 42.5 Å². The van der Waals surface area contributed by atoms with Crippen LogP contribution in [0.2, 0.25) is 0 Å². The van der Waals surface area contributed by atoms with Crippen LogP contribution in [-0.4, -0.2) is 58.0 Å². The Bertz CT molecular complexity index is 387. The Morgan fingerprint density at radius 2 is 1.62 bits per heavy atom. The summed E-state index contributed by atoms with van der Waals surface area (Å²) in [5.74, 6) is 1.40. The first kappa shape index (κ1) is 25.0. The average Bonchev–Trinajstić information content (AvgIpc) is 2.76. The van der Waals surface area contributed by atoms with E-state index < -0.39 is 12.8 Å². The molecule has 172 valence electrons. The molecule has 2 aliphatic rings. The van der Waals surface area contributed by atoms with Gasteiger partial charge in [0.15, 0.2) is 0 Å². The lowest BCUT2D eigenvalue weighted by molar-refractivity contribution is -0.0341. The molecule has 0 aromatic rings. The lowest BCUT2D eigenvalue weighted by Crippen LogP contribution is -2.56. The second-order valence-corrected chi connectivity index (χ2v) is 8.95. The van der Waals surface area contributed by atoms with Crippen LogP contribution in [0.1, 0.15) is 77.6 Å². The van der Waals surface area contributed by atoms with Gasteiger partial charge in [-0.1, -0.05) is 45.4 Å². The highest BCUT2D eigenvalue weighted by molar-refractivity contribution is 4.85. The molecule has 0 spiro atoms. The summed E-state index contributed by atoms with van der Waals surface area (Å²) in [6, 6.07) is 0. The molecule has 2 fully saturated rings. The lowest BCUT2D eigenvalue weighted by atomic mass is 9.84. The van der Waals surface area contributed by atoms with Crippen LogP contribution < -0.4 is 10.6 Å². The van der Waals surface area contributed by atoms with Gasteiger partial charge in [0, 0.05) is 13.1 Å². The first-order chi connectivity index (χ1) is 14.2. The summed E-state index contributed by atoms with van der Waals surface area (Å²) in [5.41, 5.74) is 0. The summed E-state index contributed by atoms with van der Waals surface area (Å²) in [6.07, 6.45) is 13.2. The van der Waals surface area contributed by atoms with E-state index >= 15 is 0 Å². The standard InChI is InChI=1S/C23H44F2N2O2/c1-2-3-4-5-6-7-8-19-15-26-23(27-16-19)20-9-11-22(12-10-20)29-18-21(25)17-28-14-13-24/h19-23,26-27H,2-18H2,1H3/t19?,20?,21-,22?,23?/m1/s1. The van der Waals surface area contributed by atoms with Crippen LogP contribution in [0.4, 0.5) is 8.78 Å². The largest absolute Gasteiger partial charge is 0.376 e. The van der Waals surface area contributed by atoms with Gasteiger partial charge in [0.05, 0.1) is 32.1 Å². The summed E-state index contributed by atoms with van der Waals surface area (Å²) in [6.45, 7) is 3.91. The number of unbranched alkanes of at least 4 members (excludes halogenated alkanes) is 5. The van der Waals surface area contributed by atoms with Crippen molar-refractivity contribution in [3.8, 4) is 0 Å². The molecule has 1 aliphatic heterocycles. The van der Waals surface area contributed by atoms with Crippen molar-refractivity contribution in [1.82, 2.24) is 10.6 Å². The van der Waals surface area contributed by atoms with Gasteiger partial charge in [-0.3, -0.25) is 0 Å². The van der Waals surface area contributed by atoms with E-state index in [1.807, 2.05) is 0 Å². The van der Waals surface area contributed by atoms with Gasteiger partial charge in [-0.05, 0) is 43.9 Å². The number of alkyl halides is 2. The maximum absolute atomic E-state index is 13.7. The molecule has 29 heavy (non-hydrogen) atoms. The monoisotopic (exact) mass is 418 g/mol. The quantitative estimate of drug-likeness (QED) is 0.376. The van der Waals surface area contributed by atoms with Crippen LogP contribution >= 0.6 is 0 Å². The number of nitrogens with one attached hydrogen (secondary N) is 2. The summed E-state index contributed by atoms with van der Waals surface area (Å²) in [4.78, 5) is 0. The fourth-order valence-electron chi connectivity index (χ4n) is 4.63. The number of ether oxygens (including phenoxy) is 2. The van der Waals surface area contributed by atoms with Crippen molar-refractivity contribution in [2.75, 3.05) is 39.6 Å². The Kier molecular flexibility index (Phi) is 13.3. The second kappa shape index (κ2) is 15.5. The molecule has 6 heteroatoms. The Morgan fingerprint density at radius 1 is 0.931 bits per heavy atom. The van der Waals surface area contributed by atoms with Crippen molar-refractivity contribution in [2.45, 2.75) is 96.0 Å². The minimum absolute atomic E-state index is 0.0350. The molecule has 1 atom stereocenters. The Hall–Kier alpha value is -0.300. The molecule has 1 aliphatic carbocycles. The smallest absolute Gasteiger partial charge is 0.147 e. The van der Waals surface area contributed by atoms with E-state index in [1.54, 1.807) is 0 Å². The van der Waals surface area contributed by atoms with Crippen molar-refractivity contribution < 1.29 is 18.3 Å². The molecule has 0 unspecified atom stereocenters. The van der Waals surface area contributed by atoms with Gasteiger partial charge in [0.1, 0.15) is 12.8 Å². The van der Waals surface area contributed by atoms with Crippen molar-refractivity contribution in [3.05, 3.63) is 0 Å². The molecular weight excluding hydrogens is 374 g/mol. The zero-order chi connectivity index (χ0) is 20.7. The molecule has 2 N–H and O–H groups in total. The molecular formula is C23H44F2N2O2. The highest BCUT2D eigenvalue weighted by Crippen LogP contribution is 2.29. The van der Waals surface area contributed by atoms with Crippen LogP contribution in [-0.2, 0) is 9.47 Å². The van der Waals surface area contributed by atoms with E-state index in [0.29, 0.717) is 12.1 Å². The molecule has 1 saturated heterocycles. The van der Waals surface area contributed by atoms with Crippen molar-refractivity contribution in [1.29, 1.82) is 0 Å². The van der Waals surface area contributed by atoms with E-state index in [4.69, 9.17) is 9.47 Å². The maximum Gasteiger partial charge on any atom is 0.147 e. The SMILES string of the molecule is CCCCCCCCC1CNC(C2CCC(OC[C@H](F)COCCF)CC2)NC1. The van der Waals surface area contributed by atoms with Gasteiger partial charge in [-0.25, -0.2) is 8.78 Å². The van der Waals surface area contributed by atoms with E-state index in [2.05, 4.69) is 17.6 Å². The molecule has 1 heterocycles. The van der Waals surface area contributed by atoms with Crippen LogP contribution in [0.15, 0.2) is 0 Å². The molecule has 4 nitrogen and oxygen atoms in total. The number of hydrogen-bond acceptors (Lipinski definition) is 4. The van der Waals surface area contributed by atoms with Gasteiger partial charge < -0.3 is 20.1 Å². The Morgan fingerprint density at radius 3 is 2.31 bits per heavy atom.